The van der Waals surface area contributed by atoms with Gasteiger partial charge in [-0.1, -0.05) is 218 Å². The number of benzene rings is 6. The normalized spacial score (nSPS) is 16.6. The average Bonchev–Trinajstić information content (AvgIpc) is 3.68. The van der Waals surface area contributed by atoms with Crippen LogP contribution >= 0.6 is 0 Å². The van der Waals surface area contributed by atoms with Crippen LogP contribution in [0.15, 0.2) is 97.1 Å². The molecule has 344 valence electrons. The van der Waals surface area contributed by atoms with Gasteiger partial charge in [-0.2, -0.15) is 0 Å². The van der Waals surface area contributed by atoms with Crippen molar-refractivity contribution < 1.29 is 0 Å². The first-order valence-electron chi connectivity index (χ1n) is 24.9. The van der Waals surface area contributed by atoms with Crippen molar-refractivity contribution in [3.63, 3.8) is 0 Å². The second-order valence-electron chi connectivity index (χ2n) is 27.3. The maximum Gasteiger partial charge on any atom is 0.0546 e. The fourth-order valence-corrected chi connectivity index (χ4v) is 11.5. The van der Waals surface area contributed by atoms with Gasteiger partial charge in [-0.15, -0.1) is 0 Å². The Kier molecular flexibility index (Phi) is 9.87. The minimum atomic E-state index is -0.201. The number of anilines is 3. The highest BCUT2D eigenvalue weighted by atomic mass is 15.2. The summed E-state index contributed by atoms with van der Waals surface area (Å²) in [6.07, 6.45) is 0. The van der Waals surface area contributed by atoms with Gasteiger partial charge in [0.2, 0.25) is 0 Å². The van der Waals surface area contributed by atoms with Gasteiger partial charge in [-0.3, -0.25) is 0 Å². The first-order valence-corrected chi connectivity index (χ1v) is 24.9. The predicted octanol–water partition coefficient (Wildman–Crippen LogP) is 18.6. The summed E-state index contributed by atoms with van der Waals surface area (Å²) in [4.78, 5) is 2.73. The fraction of sp³-hybridized carbons (Fsp3) is 0.446. The van der Waals surface area contributed by atoms with Gasteiger partial charge in [0, 0.05) is 33.1 Å². The van der Waals surface area contributed by atoms with Crippen molar-refractivity contribution in [3.8, 4) is 33.4 Å². The van der Waals surface area contributed by atoms with E-state index >= 15 is 0 Å². The number of fused-ring (bicyclic) bond motifs is 9. The van der Waals surface area contributed by atoms with Crippen molar-refractivity contribution in [2.75, 3.05) is 4.90 Å². The van der Waals surface area contributed by atoms with Gasteiger partial charge in [0.05, 0.1) is 11.4 Å². The number of hydrogen-bond acceptors (Lipinski definition) is 1. The van der Waals surface area contributed by atoms with Gasteiger partial charge in [0.1, 0.15) is 0 Å². The van der Waals surface area contributed by atoms with Gasteiger partial charge in [0.25, 0.3) is 0 Å². The molecule has 0 spiro atoms. The van der Waals surface area contributed by atoms with E-state index in [-0.39, 0.29) is 43.3 Å². The monoisotopic (exact) mass is 874 g/mol. The Morgan fingerprint density at radius 3 is 0.909 bits per heavy atom. The first-order chi connectivity index (χ1) is 30.1. The molecule has 3 aliphatic carbocycles. The van der Waals surface area contributed by atoms with E-state index in [4.69, 9.17) is 0 Å². The van der Waals surface area contributed by atoms with E-state index in [1.54, 1.807) is 0 Å². The molecule has 0 atom stereocenters. The summed E-state index contributed by atoms with van der Waals surface area (Å²) in [5.41, 5.74) is 26.6. The molecule has 0 fully saturated rings. The number of nitrogens with zero attached hydrogens (tertiary/aromatic N) is 1. The number of hydrogen-bond donors (Lipinski definition) is 0. The van der Waals surface area contributed by atoms with Crippen LogP contribution in [0.5, 0.6) is 0 Å². The lowest BCUT2D eigenvalue weighted by Crippen LogP contribution is -2.22. The van der Waals surface area contributed by atoms with E-state index in [0.717, 1.165) is 0 Å². The van der Waals surface area contributed by atoms with E-state index in [2.05, 4.69) is 247 Å². The Balaban J connectivity index is 1.43. The summed E-state index contributed by atoms with van der Waals surface area (Å²) in [5.74, 6) is 0. The summed E-state index contributed by atoms with van der Waals surface area (Å²) in [5, 5.41) is 0. The quantitative estimate of drug-likeness (QED) is 0.171. The van der Waals surface area contributed by atoms with E-state index in [9.17, 15) is 0 Å². The van der Waals surface area contributed by atoms with Crippen LogP contribution in [0, 0.1) is 0 Å². The summed E-state index contributed by atoms with van der Waals surface area (Å²) < 4.78 is 0. The molecule has 0 aliphatic heterocycles. The maximum atomic E-state index is 2.73. The van der Waals surface area contributed by atoms with Crippen molar-refractivity contribution in [2.24, 2.45) is 0 Å². The molecule has 0 amide bonds. The zero-order valence-electron chi connectivity index (χ0n) is 44.7. The Morgan fingerprint density at radius 1 is 0.288 bits per heavy atom. The molecular formula is C65H79N. The highest BCUT2D eigenvalue weighted by Crippen LogP contribution is 2.61. The van der Waals surface area contributed by atoms with Crippen LogP contribution in [0.4, 0.5) is 17.1 Å². The minimum absolute atomic E-state index is 0.0365. The molecule has 0 saturated heterocycles. The third kappa shape index (κ3) is 6.98. The van der Waals surface area contributed by atoms with Gasteiger partial charge in [-0.25, -0.2) is 0 Å². The summed E-state index contributed by atoms with van der Waals surface area (Å²) in [7, 11) is 0. The van der Waals surface area contributed by atoms with Gasteiger partial charge < -0.3 is 4.90 Å². The molecule has 0 unspecified atom stereocenters. The predicted molar refractivity (Wildman–Crippen MR) is 287 cm³/mol. The second kappa shape index (κ2) is 14.1. The van der Waals surface area contributed by atoms with Crippen LogP contribution in [0.3, 0.4) is 0 Å². The molecule has 6 aromatic rings. The fourth-order valence-electron chi connectivity index (χ4n) is 11.5. The van der Waals surface area contributed by atoms with E-state index < -0.39 is 0 Å². The summed E-state index contributed by atoms with van der Waals surface area (Å²) >= 11 is 0. The highest BCUT2D eigenvalue weighted by molar-refractivity contribution is 6.01. The average molecular weight is 874 g/mol. The molecular weight excluding hydrogens is 795 g/mol. The molecule has 0 aromatic heterocycles. The zero-order valence-corrected chi connectivity index (χ0v) is 44.7. The van der Waals surface area contributed by atoms with E-state index in [1.807, 2.05) is 0 Å². The van der Waals surface area contributed by atoms with Crippen LogP contribution in [0.1, 0.15) is 207 Å². The van der Waals surface area contributed by atoms with Crippen molar-refractivity contribution >= 4 is 17.1 Å². The SMILES string of the molecule is CC(C)(C)c1ccc2c(c1)C(C)(C)c1cc(N(c3cc(C(C)(C)C)cc4c3-c3ccc(C(C)(C)C)cc3C4(C)C)c3cc(C(C)(C)C)cc4c3-c3ccc(C(C)(C)C)cc3C4(C)C)ccc1-2. The highest BCUT2D eigenvalue weighted by Gasteiger charge is 2.44. The lowest BCUT2D eigenvalue weighted by molar-refractivity contribution is 0.580. The molecule has 0 N–H and O–H groups in total. The Morgan fingerprint density at radius 2 is 0.561 bits per heavy atom. The third-order valence-electron chi connectivity index (χ3n) is 16.2. The summed E-state index contributed by atoms with van der Waals surface area (Å²) in [6, 6.07) is 39.8. The summed E-state index contributed by atoms with van der Waals surface area (Å²) in [6.45, 7) is 50.2. The van der Waals surface area contributed by atoms with Gasteiger partial charge >= 0.3 is 0 Å². The molecule has 66 heavy (non-hydrogen) atoms. The Labute approximate surface area is 400 Å². The third-order valence-corrected chi connectivity index (χ3v) is 16.2. The van der Waals surface area contributed by atoms with Crippen LogP contribution in [0.25, 0.3) is 33.4 Å². The van der Waals surface area contributed by atoms with Crippen molar-refractivity contribution in [1.29, 1.82) is 0 Å². The second-order valence-corrected chi connectivity index (χ2v) is 27.3. The molecule has 1 nitrogen and oxygen atoms in total. The molecule has 9 rings (SSSR count). The van der Waals surface area contributed by atoms with Crippen LogP contribution in [0.2, 0.25) is 0 Å². The van der Waals surface area contributed by atoms with Crippen LogP contribution in [-0.4, -0.2) is 0 Å². The van der Waals surface area contributed by atoms with Crippen LogP contribution < -0.4 is 4.90 Å². The Hall–Kier alpha value is -4.88. The molecule has 0 saturated carbocycles. The molecule has 3 aliphatic rings. The lowest BCUT2D eigenvalue weighted by atomic mass is 9.77. The molecule has 0 heterocycles. The lowest BCUT2D eigenvalue weighted by Gasteiger charge is -2.35. The van der Waals surface area contributed by atoms with Crippen molar-refractivity contribution in [3.05, 3.63) is 158 Å². The smallest absolute Gasteiger partial charge is 0.0546 e. The number of rotatable bonds is 3. The molecule has 0 radical (unpaired) electrons. The van der Waals surface area contributed by atoms with Gasteiger partial charge in [-0.05, 0) is 135 Å². The van der Waals surface area contributed by atoms with E-state index in [1.165, 1.54) is 112 Å². The minimum Gasteiger partial charge on any atom is -0.309 e. The van der Waals surface area contributed by atoms with E-state index in [0.29, 0.717) is 0 Å². The van der Waals surface area contributed by atoms with Crippen molar-refractivity contribution in [1.82, 2.24) is 0 Å². The molecule has 6 aromatic carbocycles. The van der Waals surface area contributed by atoms with Crippen LogP contribution in [-0.2, 0) is 43.3 Å². The molecule has 0 bridgehead atoms. The topological polar surface area (TPSA) is 3.24 Å². The van der Waals surface area contributed by atoms with Crippen molar-refractivity contribution in [2.45, 2.75) is 189 Å². The molecule has 1 heteroatoms. The standard InChI is InChI=1S/C65H79N/c1-58(2,3)38-22-26-44-45-29-25-43(37-51(45)63(16,17)48(44)30-38)66(54-35-41(61(10,11)12)33-52-56(54)46-27-23-39(59(4,5)6)31-49(46)64(52,18)19)55-36-42(62(13,14)15)34-53-57(55)47-28-24-40(60(7,8)9)32-50(47)65(53,20)21/h22-37H,1-21H3. The largest absolute Gasteiger partial charge is 0.309 e. The first kappa shape index (κ1) is 46.2. The zero-order chi connectivity index (χ0) is 48.4. The van der Waals surface area contributed by atoms with Gasteiger partial charge in [0.15, 0.2) is 0 Å². The maximum absolute atomic E-state index is 2.73. The Bertz CT molecular complexity index is 2850.